The average Bonchev–Trinajstić information content (AvgIpc) is 3.18. The molecule has 1 saturated heterocycles. The number of likely N-dealkylation sites (tertiary alicyclic amines) is 1. The van der Waals surface area contributed by atoms with Gasteiger partial charge in [0.1, 0.15) is 18.1 Å². The number of amides is 4. The summed E-state index contributed by atoms with van der Waals surface area (Å²) in [5.74, 6) is -7.74. The zero-order valence-electron chi connectivity index (χ0n) is 17.6. The van der Waals surface area contributed by atoms with Gasteiger partial charge in [0.15, 0.2) is 0 Å². The van der Waals surface area contributed by atoms with Gasteiger partial charge in [0, 0.05) is 13.0 Å². The highest BCUT2D eigenvalue weighted by atomic mass is 16.4. The summed E-state index contributed by atoms with van der Waals surface area (Å²) >= 11 is 0. The van der Waals surface area contributed by atoms with Crippen molar-refractivity contribution in [1.82, 2.24) is 15.5 Å². The minimum Gasteiger partial charge on any atom is -0.481 e. The van der Waals surface area contributed by atoms with E-state index in [0.717, 1.165) is 4.90 Å². The van der Waals surface area contributed by atoms with Crippen LogP contribution >= 0.6 is 0 Å². The van der Waals surface area contributed by atoms with E-state index in [1.807, 2.05) is 0 Å². The van der Waals surface area contributed by atoms with Crippen molar-refractivity contribution < 1.29 is 48.9 Å². The van der Waals surface area contributed by atoms with E-state index in [0.29, 0.717) is 6.42 Å². The van der Waals surface area contributed by atoms with Crippen LogP contribution in [0, 0.1) is 0 Å². The van der Waals surface area contributed by atoms with Gasteiger partial charge < -0.3 is 42.3 Å². The molecule has 15 heteroatoms. The molecule has 4 unspecified atom stereocenters. The minimum absolute atomic E-state index is 0.0517. The van der Waals surface area contributed by atoms with E-state index in [9.17, 15) is 38.7 Å². The molecule has 0 saturated carbocycles. The Balaban J connectivity index is 2.95. The summed E-state index contributed by atoms with van der Waals surface area (Å²) in [6, 6.07) is -5.66. The van der Waals surface area contributed by atoms with E-state index in [4.69, 9.17) is 21.7 Å². The standard InChI is InChI=1S/C18H27N5O10/c19-8(6-14(27)28)15(29)22-10(7-12(20)24)17(31)23-5-1-2-11(23)16(30)21-9(18(32)33)3-4-13(25)26/h8-11H,1-7,19H2,(H2,20,24)(H,21,30)(H,22,29)(H,25,26)(H,27,28)(H,32,33). The number of carboxylic acids is 3. The number of carbonyl (C=O) groups excluding carboxylic acids is 4. The number of aliphatic carboxylic acids is 3. The number of nitrogens with two attached hydrogens (primary N) is 2. The Morgan fingerprint density at radius 2 is 1.58 bits per heavy atom. The molecule has 1 aliphatic heterocycles. The quantitative estimate of drug-likeness (QED) is 0.138. The molecule has 1 rings (SSSR count). The number of hydrogen-bond donors (Lipinski definition) is 7. The summed E-state index contributed by atoms with van der Waals surface area (Å²) in [6.45, 7) is 0.0517. The number of carbonyl (C=O) groups is 7. The first-order valence-electron chi connectivity index (χ1n) is 9.95. The molecule has 0 bridgehead atoms. The van der Waals surface area contributed by atoms with Crippen LogP contribution in [0.15, 0.2) is 0 Å². The second kappa shape index (κ2) is 12.3. The van der Waals surface area contributed by atoms with E-state index in [1.54, 1.807) is 0 Å². The number of nitrogens with one attached hydrogen (secondary N) is 2. The molecule has 1 aliphatic rings. The van der Waals surface area contributed by atoms with Crippen LogP contribution in [0.1, 0.15) is 38.5 Å². The third kappa shape index (κ3) is 8.72. The van der Waals surface area contributed by atoms with Crippen LogP contribution < -0.4 is 22.1 Å². The van der Waals surface area contributed by atoms with Crippen molar-refractivity contribution in [2.24, 2.45) is 11.5 Å². The van der Waals surface area contributed by atoms with Gasteiger partial charge in [-0.25, -0.2) is 4.79 Å². The van der Waals surface area contributed by atoms with Crippen LogP contribution in [0.3, 0.4) is 0 Å². The summed E-state index contributed by atoms with van der Waals surface area (Å²) in [7, 11) is 0. The van der Waals surface area contributed by atoms with Crippen molar-refractivity contribution in [2.45, 2.75) is 62.7 Å². The number of primary amides is 1. The first-order valence-corrected chi connectivity index (χ1v) is 9.95. The molecular weight excluding hydrogens is 446 g/mol. The molecule has 15 nitrogen and oxygen atoms in total. The molecular formula is C18H27N5O10. The van der Waals surface area contributed by atoms with E-state index in [1.165, 1.54) is 0 Å². The Kier molecular flexibility index (Phi) is 10.2. The van der Waals surface area contributed by atoms with Gasteiger partial charge in [-0.15, -0.1) is 0 Å². The maximum Gasteiger partial charge on any atom is 0.326 e. The van der Waals surface area contributed by atoms with E-state index >= 15 is 0 Å². The number of nitrogens with zero attached hydrogens (tertiary/aromatic N) is 1. The third-order valence-electron chi connectivity index (χ3n) is 4.85. The molecule has 0 aliphatic carbocycles. The lowest BCUT2D eigenvalue weighted by Gasteiger charge is -2.29. The van der Waals surface area contributed by atoms with Crippen LogP contribution in [0.2, 0.25) is 0 Å². The Hall–Kier alpha value is -3.75. The van der Waals surface area contributed by atoms with Gasteiger partial charge in [-0.05, 0) is 19.3 Å². The van der Waals surface area contributed by atoms with Gasteiger partial charge in [-0.2, -0.15) is 0 Å². The smallest absolute Gasteiger partial charge is 0.326 e. The van der Waals surface area contributed by atoms with E-state index < -0.39 is 85.0 Å². The molecule has 4 atom stereocenters. The summed E-state index contributed by atoms with van der Waals surface area (Å²) < 4.78 is 0. The topological polar surface area (TPSA) is 260 Å². The van der Waals surface area contributed by atoms with Gasteiger partial charge >= 0.3 is 17.9 Å². The van der Waals surface area contributed by atoms with Crippen LogP contribution in [-0.2, 0) is 33.6 Å². The molecule has 0 radical (unpaired) electrons. The molecule has 0 aromatic heterocycles. The maximum atomic E-state index is 13.0. The van der Waals surface area contributed by atoms with Crippen molar-refractivity contribution in [3.63, 3.8) is 0 Å². The maximum absolute atomic E-state index is 13.0. The molecule has 33 heavy (non-hydrogen) atoms. The van der Waals surface area contributed by atoms with Crippen molar-refractivity contribution in [2.75, 3.05) is 6.54 Å². The fourth-order valence-corrected chi connectivity index (χ4v) is 3.26. The average molecular weight is 473 g/mol. The lowest BCUT2D eigenvalue weighted by molar-refractivity contribution is -0.146. The molecule has 1 fully saturated rings. The van der Waals surface area contributed by atoms with Gasteiger partial charge in [0.05, 0.1) is 18.9 Å². The minimum atomic E-state index is -1.52. The van der Waals surface area contributed by atoms with Crippen LogP contribution in [0.25, 0.3) is 0 Å². The summed E-state index contributed by atoms with van der Waals surface area (Å²) in [4.78, 5) is 83.0. The summed E-state index contributed by atoms with van der Waals surface area (Å²) in [5, 5.41) is 31.0. The van der Waals surface area contributed by atoms with Crippen molar-refractivity contribution in [3.05, 3.63) is 0 Å². The number of hydrogen-bond acceptors (Lipinski definition) is 8. The van der Waals surface area contributed by atoms with Gasteiger partial charge in [-0.3, -0.25) is 28.8 Å². The zero-order chi connectivity index (χ0) is 25.3. The molecule has 9 N–H and O–H groups in total. The highest BCUT2D eigenvalue weighted by molar-refractivity contribution is 5.97. The number of rotatable bonds is 13. The SMILES string of the molecule is NC(=O)CC(NC(=O)C(N)CC(=O)O)C(=O)N1CCCC1C(=O)NC(CCC(=O)O)C(=O)O. The molecule has 0 spiro atoms. The first-order chi connectivity index (χ1) is 15.3. The van der Waals surface area contributed by atoms with E-state index in [2.05, 4.69) is 10.6 Å². The van der Waals surface area contributed by atoms with Gasteiger partial charge in [0.25, 0.3) is 0 Å². The van der Waals surface area contributed by atoms with Crippen LogP contribution in [0.5, 0.6) is 0 Å². The Morgan fingerprint density at radius 3 is 2.09 bits per heavy atom. The molecule has 184 valence electrons. The predicted molar refractivity (Wildman–Crippen MR) is 107 cm³/mol. The second-order valence-electron chi connectivity index (χ2n) is 7.46. The van der Waals surface area contributed by atoms with Crippen molar-refractivity contribution in [3.8, 4) is 0 Å². The lowest BCUT2D eigenvalue weighted by Crippen LogP contribution is -2.57. The predicted octanol–water partition coefficient (Wildman–Crippen LogP) is -3.43. The van der Waals surface area contributed by atoms with Crippen molar-refractivity contribution >= 4 is 41.5 Å². The second-order valence-corrected chi connectivity index (χ2v) is 7.46. The normalized spacial score (nSPS) is 18.0. The van der Waals surface area contributed by atoms with Crippen LogP contribution in [-0.4, -0.2) is 92.5 Å². The Morgan fingerprint density at radius 1 is 0.939 bits per heavy atom. The van der Waals surface area contributed by atoms with Crippen molar-refractivity contribution in [1.29, 1.82) is 0 Å². The zero-order valence-corrected chi connectivity index (χ0v) is 17.6. The summed E-state index contributed by atoms with van der Waals surface area (Å²) in [6.07, 6.45) is -1.76. The van der Waals surface area contributed by atoms with Gasteiger partial charge in [0.2, 0.25) is 23.6 Å². The fraction of sp³-hybridized carbons (Fsp3) is 0.611. The molecule has 1 heterocycles. The highest BCUT2D eigenvalue weighted by Gasteiger charge is 2.39. The van der Waals surface area contributed by atoms with Crippen LogP contribution in [0.4, 0.5) is 0 Å². The molecule has 0 aromatic carbocycles. The molecule has 0 aromatic rings. The lowest BCUT2D eigenvalue weighted by atomic mass is 10.1. The first kappa shape index (κ1) is 27.3. The third-order valence-corrected chi connectivity index (χ3v) is 4.85. The highest BCUT2D eigenvalue weighted by Crippen LogP contribution is 2.20. The Bertz CT molecular complexity index is 816. The largest absolute Gasteiger partial charge is 0.481 e. The molecule has 4 amide bonds. The number of carboxylic acid groups (broad SMARTS) is 3. The summed E-state index contributed by atoms with van der Waals surface area (Å²) in [5.41, 5.74) is 10.6. The van der Waals surface area contributed by atoms with Gasteiger partial charge in [-0.1, -0.05) is 0 Å². The Labute approximate surface area is 187 Å². The van der Waals surface area contributed by atoms with E-state index in [-0.39, 0.29) is 19.4 Å². The fourth-order valence-electron chi connectivity index (χ4n) is 3.26. The monoisotopic (exact) mass is 473 g/mol.